The molecule has 2 fully saturated rings. The van der Waals surface area contributed by atoms with Gasteiger partial charge in [0.1, 0.15) is 0 Å². The number of allylic oxidation sites excluding steroid dienone is 4. The fourth-order valence-corrected chi connectivity index (χ4v) is 7.23. The molecule has 0 aromatic heterocycles. The van der Waals surface area contributed by atoms with Crippen molar-refractivity contribution in [3.05, 3.63) is 94.1 Å². The number of methoxy groups -OCH3 is 1. The normalized spacial score (nSPS) is 26.8. The van der Waals surface area contributed by atoms with E-state index in [0.717, 1.165) is 37.0 Å². The fraction of sp³-hybridized carbons (Fsp3) is 0.459. The average Bonchev–Trinajstić information content (AvgIpc) is 3.27. The van der Waals surface area contributed by atoms with Crippen molar-refractivity contribution in [1.82, 2.24) is 0 Å². The number of hydrogen-bond acceptors (Lipinski definition) is 3. The lowest BCUT2D eigenvalue weighted by atomic mass is 9.56. The van der Waals surface area contributed by atoms with Crippen LogP contribution in [-0.2, 0) is 14.3 Å². The average molecular weight is 539 g/mol. The Kier molecular flexibility index (Phi) is 10.0. The van der Waals surface area contributed by atoms with Crippen LogP contribution in [0.1, 0.15) is 88.8 Å². The zero-order valence-electron chi connectivity index (χ0n) is 25.0. The second-order valence-corrected chi connectivity index (χ2v) is 12.2. The SMILES string of the molecule is CC1CCC2C3CCC4=CC(=O)CCC4=C3CCC12C.COC(C)=O.Cc1ccc(/C=C/c2ccccc2)cc1. The molecule has 0 amide bonds. The first-order valence-corrected chi connectivity index (χ1v) is 15.0. The van der Waals surface area contributed by atoms with Crippen molar-refractivity contribution in [3.8, 4) is 0 Å². The van der Waals surface area contributed by atoms with E-state index in [1.807, 2.05) is 12.1 Å². The Morgan fingerprint density at radius 3 is 2.20 bits per heavy atom. The van der Waals surface area contributed by atoms with Crippen molar-refractivity contribution >= 4 is 23.9 Å². The van der Waals surface area contributed by atoms with E-state index in [1.165, 1.54) is 68.4 Å². The number of aryl methyl sites for hydroxylation is 1. The molecule has 40 heavy (non-hydrogen) atoms. The molecule has 212 valence electrons. The van der Waals surface area contributed by atoms with Crippen LogP contribution in [0.15, 0.2) is 77.4 Å². The smallest absolute Gasteiger partial charge is 0.302 e. The first-order chi connectivity index (χ1) is 19.2. The maximum atomic E-state index is 11.7. The standard InChI is InChI=1S/C19H26O.C15H14.C3H6O2/c1-12-3-8-18-17-6-4-13-11-14(20)5-7-15(13)16(17)9-10-19(12,18)2;1-13-7-9-15(10-8-13)12-11-14-5-3-2-4-6-14;1-3(4)5-2/h11-12,17-18H,3-10H2,1-2H3;2-12H,1H3;1-2H3/b;12-11+;. The number of benzene rings is 2. The van der Waals surface area contributed by atoms with Gasteiger partial charge < -0.3 is 4.74 Å². The highest BCUT2D eigenvalue weighted by molar-refractivity contribution is 5.93. The summed E-state index contributed by atoms with van der Waals surface area (Å²) in [5.74, 6) is 2.79. The Bertz CT molecular complexity index is 1260. The molecule has 4 aliphatic rings. The highest BCUT2D eigenvalue weighted by atomic mass is 16.5. The number of rotatable bonds is 2. The van der Waals surface area contributed by atoms with Gasteiger partial charge >= 0.3 is 5.97 Å². The summed E-state index contributed by atoms with van der Waals surface area (Å²) < 4.78 is 4.11. The summed E-state index contributed by atoms with van der Waals surface area (Å²) in [5.41, 5.74) is 9.16. The van der Waals surface area contributed by atoms with E-state index in [4.69, 9.17) is 0 Å². The lowest BCUT2D eigenvalue weighted by Crippen LogP contribution is -2.39. The summed E-state index contributed by atoms with van der Waals surface area (Å²) in [7, 11) is 1.35. The van der Waals surface area contributed by atoms with E-state index in [2.05, 4.69) is 86.2 Å². The number of ketones is 1. The van der Waals surface area contributed by atoms with Gasteiger partial charge in [0, 0.05) is 13.3 Å². The number of esters is 1. The number of carbonyl (C=O) groups is 2. The number of hydrogen-bond donors (Lipinski definition) is 0. The van der Waals surface area contributed by atoms with Gasteiger partial charge in [-0.15, -0.1) is 0 Å². The Balaban J connectivity index is 0.000000164. The van der Waals surface area contributed by atoms with Crippen molar-refractivity contribution in [2.45, 2.75) is 79.1 Å². The van der Waals surface area contributed by atoms with E-state index >= 15 is 0 Å². The maximum absolute atomic E-state index is 11.7. The largest absolute Gasteiger partial charge is 0.469 e. The number of carbonyl (C=O) groups excluding carboxylic acids is 2. The number of fused-ring (bicyclic) bond motifs is 4. The minimum Gasteiger partial charge on any atom is -0.469 e. The van der Waals surface area contributed by atoms with E-state index in [-0.39, 0.29) is 5.97 Å². The van der Waals surface area contributed by atoms with Crippen LogP contribution in [0, 0.1) is 30.1 Å². The van der Waals surface area contributed by atoms with Crippen molar-refractivity contribution in [2.75, 3.05) is 7.11 Å². The molecule has 2 aromatic carbocycles. The van der Waals surface area contributed by atoms with E-state index < -0.39 is 0 Å². The van der Waals surface area contributed by atoms with Crippen LogP contribution in [0.2, 0.25) is 0 Å². The highest BCUT2D eigenvalue weighted by Gasteiger charge is 2.51. The number of ether oxygens (including phenoxy) is 1. The molecule has 0 spiro atoms. The van der Waals surface area contributed by atoms with Gasteiger partial charge in [0.2, 0.25) is 0 Å². The van der Waals surface area contributed by atoms with E-state index in [9.17, 15) is 9.59 Å². The molecule has 0 aliphatic heterocycles. The second kappa shape index (κ2) is 13.4. The molecule has 0 N–H and O–H groups in total. The molecule has 0 radical (unpaired) electrons. The van der Waals surface area contributed by atoms with Gasteiger partial charge in [0.15, 0.2) is 5.78 Å². The van der Waals surface area contributed by atoms with Crippen molar-refractivity contribution in [2.24, 2.45) is 23.2 Å². The molecule has 3 nitrogen and oxygen atoms in total. The summed E-state index contributed by atoms with van der Waals surface area (Å²) in [4.78, 5) is 21.2. The Morgan fingerprint density at radius 2 is 1.55 bits per heavy atom. The zero-order chi connectivity index (χ0) is 28.7. The molecule has 3 heteroatoms. The van der Waals surface area contributed by atoms with Gasteiger partial charge in [-0.3, -0.25) is 9.59 Å². The first kappa shape index (κ1) is 29.8. The molecular formula is C37H46O3. The zero-order valence-corrected chi connectivity index (χ0v) is 25.0. The molecule has 4 unspecified atom stereocenters. The Labute approximate surface area is 241 Å². The predicted octanol–water partition coefficient (Wildman–Crippen LogP) is 9.17. The molecule has 4 aliphatic carbocycles. The summed E-state index contributed by atoms with van der Waals surface area (Å²) in [6, 6.07) is 18.9. The third-order valence-corrected chi connectivity index (χ3v) is 9.84. The molecular weight excluding hydrogens is 492 g/mol. The van der Waals surface area contributed by atoms with Crippen LogP contribution in [0.5, 0.6) is 0 Å². The van der Waals surface area contributed by atoms with Gasteiger partial charge in [0.25, 0.3) is 0 Å². The van der Waals surface area contributed by atoms with Crippen molar-refractivity contribution < 1.29 is 14.3 Å². The molecule has 2 saturated carbocycles. The first-order valence-electron chi connectivity index (χ1n) is 15.0. The van der Waals surface area contributed by atoms with Crippen molar-refractivity contribution in [1.29, 1.82) is 0 Å². The molecule has 2 aromatic rings. The van der Waals surface area contributed by atoms with Crippen LogP contribution in [-0.4, -0.2) is 18.9 Å². The van der Waals surface area contributed by atoms with E-state index in [1.54, 1.807) is 11.1 Å². The monoisotopic (exact) mass is 538 g/mol. The minimum atomic E-state index is -0.245. The van der Waals surface area contributed by atoms with E-state index in [0.29, 0.717) is 11.2 Å². The van der Waals surface area contributed by atoms with Gasteiger partial charge in [-0.2, -0.15) is 0 Å². The molecule has 0 heterocycles. The van der Waals surface area contributed by atoms with Crippen LogP contribution in [0.25, 0.3) is 12.2 Å². The molecule has 4 atom stereocenters. The van der Waals surface area contributed by atoms with Crippen molar-refractivity contribution in [3.63, 3.8) is 0 Å². The van der Waals surface area contributed by atoms with Crippen LogP contribution in [0.3, 0.4) is 0 Å². The van der Waals surface area contributed by atoms with Gasteiger partial charge in [-0.1, -0.05) is 91.7 Å². The highest BCUT2D eigenvalue weighted by Crippen LogP contribution is 2.61. The topological polar surface area (TPSA) is 43.4 Å². The lowest BCUT2D eigenvalue weighted by Gasteiger charge is -2.48. The Hall–Kier alpha value is -3.20. The maximum Gasteiger partial charge on any atom is 0.302 e. The Morgan fingerprint density at radius 1 is 0.900 bits per heavy atom. The quantitative estimate of drug-likeness (QED) is 0.283. The van der Waals surface area contributed by atoms with Crippen LogP contribution in [0.4, 0.5) is 0 Å². The molecule has 0 bridgehead atoms. The summed E-state index contributed by atoms with van der Waals surface area (Å²) >= 11 is 0. The summed E-state index contributed by atoms with van der Waals surface area (Å²) in [6.07, 6.45) is 16.1. The summed E-state index contributed by atoms with van der Waals surface area (Å²) in [6.45, 7) is 8.50. The molecule has 6 rings (SSSR count). The van der Waals surface area contributed by atoms with Gasteiger partial charge in [-0.05, 0) is 103 Å². The van der Waals surface area contributed by atoms with Gasteiger partial charge in [0.05, 0.1) is 7.11 Å². The fourth-order valence-electron chi connectivity index (χ4n) is 7.23. The van der Waals surface area contributed by atoms with Gasteiger partial charge in [-0.25, -0.2) is 0 Å². The predicted molar refractivity (Wildman–Crippen MR) is 166 cm³/mol. The third-order valence-electron chi connectivity index (χ3n) is 9.84. The van der Waals surface area contributed by atoms with Crippen LogP contribution < -0.4 is 0 Å². The second-order valence-electron chi connectivity index (χ2n) is 12.2. The van der Waals surface area contributed by atoms with Crippen LogP contribution >= 0.6 is 0 Å². The minimum absolute atomic E-state index is 0.245. The summed E-state index contributed by atoms with van der Waals surface area (Å²) in [5, 5.41) is 0. The third kappa shape index (κ3) is 7.11. The lowest BCUT2D eigenvalue weighted by molar-refractivity contribution is -0.137. The molecule has 0 saturated heterocycles.